The van der Waals surface area contributed by atoms with Crippen LogP contribution >= 0.6 is 11.6 Å². The Kier molecular flexibility index (Phi) is 4.39. The predicted octanol–water partition coefficient (Wildman–Crippen LogP) is 2.69. The lowest BCUT2D eigenvalue weighted by molar-refractivity contribution is 0.100. The molecular formula is C14H12ClFN2O3S. The number of nitrogens with two attached hydrogens (primary N) is 1. The SMILES string of the molecule is Cc1cc(F)ccc1S(=O)(=O)Nc1cc(C(N)=O)ccc1Cl. The summed E-state index contributed by atoms with van der Waals surface area (Å²) in [5, 5.41) is 0.105. The van der Waals surface area contributed by atoms with E-state index in [4.69, 9.17) is 17.3 Å². The Morgan fingerprint density at radius 1 is 1.23 bits per heavy atom. The number of halogens is 2. The molecule has 0 aliphatic rings. The van der Waals surface area contributed by atoms with Crippen LogP contribution in [0.25, 0.3) is 0 Å². The first-order valence-electron chi connectivity index (χ1n) is 6.09. The highest BCUT2D eigenvalue weighted by Crippen LogP contribution is 2.27. The van der Waals surface area contributed by atoms with Crippen LogP contribution < -0.4 is 10.5 Å². The third-order valence-corrected chi connectivity index (χ3v) is 4.78. The van der Waals surface area contributed by atoms with Gasteiger partial charge in [-0.05, 0) is 48.9 Å². The molecule has 0 aliphatic carbocycles. The standard InChI is InChI=1S/C14H12ClFN2O3S/c1-8-6-10(16)3-5-13(8)22(20,21)18-12-7-9(14(17)19)2-4-11(12)15/h2-7,18H,1H3,(H2,17,19). The molecule has 1 amide bonds. The summed E-state index contributed by atoms with van der Waals surface area (Å²) >= 11 is 5.92. The fourth-order valence-electron chi connectivity index (χ4n) is 1.87. The molecule has 0 saturated heterocycles. The Labute approximate surface area is 131 Å². The summed E-state index contributed by atoms with van der Waals surface area (Å²) in [6.07, 6.45) is 0. The molecule has 0 spiro atoms. The van der Waals surface area contributed by atoms with Crippen molar-refractivity contribution < 1.29 is 17.6 Å². The van der Waals surface area contributed by atoms with Crippen molar-refractivity contribution in [2.75, 3.05) is 4.72 Å². The number of carbonyl (C=O) groups is 1. The van der Waals surface area contributed by atoms with Gasteiger partial charge in [-0.3, -0.25) is 9.52 Å². The van der Waals surface area contributed by atoms with Gasteiger partial charge in [-0.15, -0.1) is 0 Å². The highest BCUT2D eigenvalue weighted by Gasteiger charge is 2.19. The Hall–Kier alpha value is -2.12. The smallest absolute Gasteiger partial charge is 0.262 e. The summed E-state index contributed by atoms with van der Waals surface area (Å²) in [6, 6.07) is 7.28. The van der Waals surface area contributed by atoms with Crippen molar-refractivity contribution in [2.45, 2.75) is 11.8 Å². The number of sulfonamides is 1. The summed E-state index contributed by atoms with van der Waals surface area (Å²) in [5.74, 6) is -1.25. The van der Waals surface area contributed by atoms with Gasteiger partial charge in [0, 0.05) is 5.56 Å². The Bertz CT molecular complexity index is 853. The van der Waals surface area contributed by atoms with Gasteiger partial charge in [0.15, 0.2) is 0 Å². The van der Waals surface area contributed by atoms with Crippen LogP contribution in [0.5, 0.6) is 0 Å². The molecule has 116 valence electrons. The van der Waals surface area contributed by atoms with Crippen LogP contribution in [-0.2, 0) is 10.0 Å². The van der Waals surface area contributed by atoms with Gasteiger partial charge in [-0.2, -0.15) is 0 Å². The normalized spacial score (nSPS) is 11.2. The van der Waals surface area contributed by atoms with Crippen LogP contribution in [0.1, 0.15) is 15.9 Å². The minimum atomic E-state index is -3.98. The first-order chi connectivity index (χ1) is 10.2. The molecule has 0 bridgehead atoms. The van der Waals surface area contributed by atoms with Crippen molar-refractivity contribution in [3.05, 3.63) is 58.4 Å². The van der Waals surface area contributed by atoms with Crippen molar-refractivity contribution in [3.63, 3.8) is 0 Å². The number of carbonyl (C=O) groups excluding carboxylic acids is 1. The molecule has 3 N–H and O–H groups in total. The van der Waals surface area contributed by atoms with Gasteiger partial charge in [0.1, 0.15) is 5.82 Å². The quantitative estimate of drug-likeness (QED) is 0.895. The zero-order chi connectivity index (χ0) is 16.5. The number of aryl methyl sites for hydroxylation is 1. The van der Waals surface area contributed by atoms with E-state index < -0.39 is 21.7 Å². The van der Waals surface area contributed by atoms with Crippen molar-refractivity contribution in [3.8, 4) is 0 Å². The maximum absolute atomic E-state index is 13.1. The van der Waals surface area contributed by atoms with Gasteiger partial charge in [0.2, 0.25) is 5.91 Å². The lowest BCUT2D eigenvalue weighted by Gasteiger charge is -2.12. The molecule has 2 rings (SSSR count). The summed E-state index contributed by atoms with van der Waals surface area (Å²) in [7, 11) is -3.98. The highest BCUT2D eigenvalue weighted by atomic mass is 35.5. The number of nitrogens with one attached hydrogen (secondary N) is 1. The molecule has 0 atom stereocenters. The van der Waals surface area contributed by atoms with E-state index in [2.05, 4.69) is 4.72 Å². The molecule has 0 radical (unpaired) electrons. The number of hydrogen-bond donors (Lipinski definition) is 2. The lowest BCUT2D eigenvalue weighted by Crippen LogP contribution is -2.16. The molecular weight excluding hydrogens is 331 g/mol. The third-order valence-electron chi connectivity index (χ3n) is 2.92. The Morgan fingerprint density at radius 3 is 2.50 bits per heavy atom. The molecule has 0 saturated carbocycles. The first-order valence-corrected chi connectivity index (χ1v) is 7.95. The summed E-state index contributed by atoms with van der Waals surface area (Å²) < 4.78 is 40.1. The minimum Gasteiger partial charge on any atom is -0.366 e. The molecule has 2 aromatic rings. The second-order valence-corrected chi connectivity index (χ2v) is 6.63. The number of amides is 1. The van der Waals surface area contributed by atoms with Gasteiger partial charge >= 0.3 is 0 Å². The summed E-state index contributed by atoms with van der Waals surface area (Å²) in [5.41, 5.74) is 5.52. The molecule has 0 aromatic heterocycles. The predicted molar refractivity (Wildman–Crippen MR) is 81.9 cm³/mol. The highest BCUT2D eigenvalue weighted by molar-refractivity contribution is 7.92. The van der Waals surface area contributed by atoms with Crippen LogP contribution in [0.15, 0.2) is 41.3 Å². The monoisotopic (exact) mass is 342 g/mol. The van der Waals surface area contributed by atoms with Gasteiger partial charge in [-0.1, -0.05) is 11.6 Å². The number of hydrogen-bond acceptors (Lipinski definition) is 3. The van der Waals surface area contributed by atoms with Gasteiger partial charge < -0.3 is 5.73 Å². The fraction of sp³-hybridized carbons (Fsp3) is 0.0714. The van der Waals surface area contributed by atoms with E-state index in [0.717, 1.165) is 18.2 Å². The third kappa shape index (κ3) is 3.37. The van der Waals surface area contributed by atoms with E-state index >= 15 is 0 Å². The Morgan fingerprint density at radius 2 is 1.91 bits per heavy atom. The summed E-state index contributed by atoms with van der Waals surface area (Å²) in [6.45, 7) is 1.47. The van der Waals surface area contributed by atoms with Crippen LogP contribution in [0.3, 0.4) is 0 Å². The average molecular weight is 343 g/mol. The molecule has 0 aliphatic heterocycles. The maximum atomic E-state index is 13.1. The van der Waals surface area contributed by atoms with E-state index in [1.54, 1.807) is 0 Å². The van der Waals surface area contributed by atoms with E-state index in [1.165, 1.54) is 25.1 Å². The Balaban J connectivity index is 2.45. The maximum Gasteiger partial charge on any atom is 0.262 e. The number of anilines is 1. The van der Waals surface area contributed by atoms with Crippen molar-refractivity contribution >= 4 is 33.2 Å². The van der Waals surface area contributed by atoms with E-state index in [1.807, 2.05) is 0 Å². The minimum absolute atomic E-state index is 0.0155. The van der Waals surface area contributed by atoms with Crippen LogP contribution in [-0.4, -0.2) is 14.3 Å². The van der Waals surface area contributed by atoms with Gasteiger partial charge in [0.05, 0.1) is 15.6 Å². The molecule has 22 heavy (non-hydrogen) atoms. The van der Waals surface area contributed by atoms with Gasteiger partial charge in [0.25, 0.3) is 10.0 Å². The van der Waals surface area contributed by atoms with E-state index in [-0.39, 0.29) is 26.7 Å². The van der Waals surface area contributed by atoms with Crippen LogP contribution in [0, 0.1) is 12.7 Å². The second kappa shape index (κ2) is 5.94. The van der Waals surface area contributed by atoms with Crippen molar-refractivity contribution in [1.82, 2.24) is 0 Å². The zero-order valence-corrected chi connectivity index (χ0v) is 13.0. The molecule has 5 nitrogen and oxygen atoms in total. The number of rotatable bonds is 4. The lowest BCUT2D eigenvalue weighted by atomic mass is 10.2. The largest absolute Gasteiger partial charge is 0.366 e. The molecule has 8 heteroatoms. The molecule has 0 unspecified atom stereocenters. The average Bonchev–Trinajstić information content (AvgIpc) is 2.40. The molecule has 0 fully saturated rings. The van der Waals surface area contributed by atoms with Crippen molar-refractivity contribution in [1.29, 1.82) is 0 Å². The fourth-order valence-corrected chi connectivity index (χ4v) is 3.39. The van der Waals surface area contributed by atoms with Crippen molar-refractivity contribution in [2.24, 2.45) is 5.73 Å². The van der Waals surface area contributed by atoms with E-state index in [0.29, 0.717) is 0 Å². The van der Waals surface area contributed by atoms with Crippen LogP contribution in [0.4, 0.5) is 10.1 Å². The number of primary amides is 1. The summed E-state index contributed by atoms with van der Waals surface area (Å²) in [4.78, 5) is 11.1. The zero-order valence-electron chi connectivity index (χ0n) is 11.4. The second-order valence-electron chi connectivity index (χ2n) is 4.57. The van der Waals surface area contributed by atoms with Crippen LogP contribution in [0.2, 0.25) is 5.02 Å². The number of benzene rings is 2. The van der Waals surface area contributed by atoms with Gasteiger partial charge in [-0.25, -0.2) is 12.8 Å². The van der Waals surface area contributed by atoms with E-state index in [9.17, 15) is 17.6 Å². The first kappa shape index (κ1) is 16.3. The molecule has 0 heterocycles. The topological polar surface area (TPSA) is 89.3 Å². The molecule has 2 aromatic carbocycles.